The van der Waals surface area contributed by atoms with Crippen LogP contribution in [0.2, 0.25) is 0 Å². The van der Waals surface area contributed by atoms with Gasteiger partial charge in [-0.2, -0.15) is 0 Å². The summed E-state index contributed by atoms with van der Waals surface area (Å²) < 4.78 is 0. The van der Waals surface area contributed by atoms with Gasteiger partial charge in [-0.1, -0.05) is 6.92 Å². The summed E-state index contributed by atoms with van der Waals surface area (Å²) in [7, 11) is 2.10. The zero-order valence-electron chi connectivity index (χ0n) is 8.39. The molecular formula is C11H17NS. The second kappa shape index (κ2) is 3.43. The third-order valence-electron chi connectivity index (χ3n) is 3.40. The first kappa shape index (κ1) is 9.22. The maximum absolute atomic E-state index is 3.50. The summed E-state index contributed by atoms with van der Waals surface area (Å²) in [6.07, 6.45) is 5.02. The quantitative estimate of drug-likeness (QED) is 0.765. The average molecular weight is 195 g/mol. The first-order valence-corrected chi connectivity index (χ1v) is 5.92. The molecule has 0 aromatic carbocycles. The van der Waals surface area contributed by atoms with Crippen LogP contribution in [0.15, 0.2) is 11.4 Å². The van der Waals surface area contributed by atoms with Crippen molar-refractivity contribution < 1.29 is 0 Å². The van der Waals surface area contributed by atoms with Crippen LogP contribution in [-0.4, -0.2) is 12.6 Å². The van der Waals surface area contributed by atoms with Gasteiger partial charge in [0.25, 0.3) is 0 Å². The van der Waals surface area contributed by atoms with Gasteiger partial charge in [-0.25, -0.2) is 0 Å². The van der Waals surface area contributed by atoms with Gasteiger partial charge in [-0.05, 0) is 49.7 Å². The number of aryl methyl sites for hydroxylation is 1. The fourth-order valence-corrected chi connectivity index (χ4v) is 3.15. The van der Waals surface area contributed by atoms with Crippen molar-refractivity contribution in [1.82, 2.24) is 5.32 Å². The second-order valence-corrected chi connectivity index (χ2v) is 4.93. The molecule has 72 valence electrons. The minimum Gasteiger partial charge on any atom is -0.314 e. The Morgan fingerprint density at radius 3 is 3.15 bits per heavy atom. The van der Waals surface area contributed by atoms with E-state index in [2.05, 4.69) is 30.7 Å². The predicted octanol–water partition coefficient (Wildman–Crippen LogP) is 2.61. The van der Waals surface area contributed by atoms with Crippen LogP contribution in [0.5, 0.6) is 0 Å². The van der Waals surface area contributed by atoms with E-state index in [1.165, 1.54) is 25.7 Å². The van der Waals surface area contributed by atoms with Crippen LogP contribution in [0, 0.1) is 0 Å². The standard InChI is InChI=1S/C11H17NS/c1-3-11(12-2)6-4-10-9(8-11)5-7-13-10/h5,7,12H,3-4,6,8H2,1-2H3. The molecule has 1 atom stereocenters. The molecule has 1 aliphatic rings. The third kappa shape index (κ3) is 1.53. The molecule has 1 N–H and O–H groups in total. The summed E-state index contributed by atoms with van der Waals surface area (Å²) in [6.45, 7) is 2.29. The Kier molecular flexibility index (Phi) is 2.43. The number of nitrogens with one attached hydrogen (secondary N) is 1. The van der Waals surface area contributed by atoms with Crippen molar-refractivity contribution in [3.8, 4) is 0 Å². The van der Waals surface area contributed by atoms with Gasteiger partial charge in [0.05, 0.1) is 0 Å². The highest BCUT2D eigenvalue weighted by molar-refractivity contribution is 7.10. The van der Waals surface area contributed by atoms with Gasteiger partial charge in [0, 0.05) is 10.4 Å². The van der Waals surface area contributed by atoms with Crippen LogP contribution in [0.25, 0.3) is 0 Å². The van der Waals surface area contributed by atoms with Crippen LogP contribution in [0.4, 0.5) is 0 Å². The normalized spacial score (nSPS) is 27.2. The zero-order chi connectivity index (χ0) is 9.31. The maximum Gasteiger partial charge on any atom is 0.0220 e. The Bertz CT molecular complexity index is 286. The molecule has 0 spiro atoms. The molecule has 1 aliphatic carbocycles. The minimum atomic E-state index is 0.383. The van der Waals surface area contributed by atoms with Gasteiger partial charge in [-0.15, -0.1) is 11.3 Å². The van der Waals surface area contributed by atoms with Crippen LogP contribution < -0.4 is 5.32 Å². The molecule has 0 aliphatic heterocycles. The monoisotopic (exact) mass is 195 g/mol. The summed E-state index contributed by atoms with van der Waals surface area (Å²) in [5.41, 5.74) is 1.96. The molecule has 0 bridgehead atoms. The van der Waals surface area contributed by atoms with E-state index in [1.54, 1.807) is 10.4 Å². The molecule has 1 unspecified atom stereocenters. The van der Waals surface area contributed by atoms with Crippen LogP contribution in [0.3, 0.4) is 0 Å². The number of fused-ring (bicyclic) bond motifs is 1. The van der Waals surface area contributed by atoms with Crippen molar-refractivity contribution in [1.29, 1.82) is 0 Å². The lowest BCUT2D eigenvalue weighted by Crippen LogP contribution is -2.46. The van der Waals surface area contributed by atoms with Gasteiger partial charge in [0.2, 0.25) is 0 Å². The molecule has 0 radical (unpaired) electrons. The van der Waals surface area contributed by atoms with Crippen molar-refractivity contribution in [2.45, 2.75) is 38.1 Å². The summed E-state index contributed by atoms with van der Waals surface area (Å²) in [4.78, 5) is 1.61. The zero-order valence-corrected chi connectivity index (χ0v) is 9.21. The highest BCUT2D eigenvalue weighted by Gasteiger charge is 2.31. The van der Waals surface area contributed by atoms with Gasteiger partial charge >= 0.3 is 0 Å². The Labute approximate surface area is 84.2 Å². The average Bonchev–Trinajstić information content (AvgIpc) is 2.64. The van der Waals surface area contributed by atoms with E-state index in [0.717, 1.165) is 0 Å². The number of hydrogen-bond acceptors (Lipinski definition) is 2. The van der Waals surface area contributed by atoms with Crippen LogP contribution in [-0.2, 0) is 12.8 Å². The fourth-order valence-electron chi connectivity index (χ4n) is 2.24. The maximum atomic E-state index is 3.50. The molecule has 0 fully saturated rings. The molecular weight excluding hydrogens is 178 g/mol. The van der Waals surface area contributed by atoms with E-state index >= 15 is 0 Å². The van der Waals surface area contributed by atoms with Gasteiger partial charge < -0.3 is 5.32 Å². The highest BCUT2D eigenvalue weighted by Crippen LogP contribution is 2.33. The van der Waals surface area contributed by atoms with E-state index in [9.17, 15) is 0 Å². The van der Waals surface area contributed by atoms with E-state index in [-0.39, 0.29) is 0 Å². The van der Waals surface area contributed by atoms with E-state index in [1.807, 2.05) is 11.3 Å². The molecule has 13 heavy (non-hydrogen) atoms. The van der Waals surface area contributed by atoms with E-state index in [4.69, 9.17) is 0 Å². The summed E-state index contributed by atoms with van der Waals surface area (Å²) in [5, 5.41) is 5.73. The fraction of sp³-hybridized carbons (Fsp3) is 0.636. The molecule has 2 heteroatoms. The minimum absolute atomic E-state index is 0.383. The van der Waals surface area contributed by atoms with Gasteiger partial charge in [0.15, 0.2) is 0 Å². The molecule has 0 amide bonds. The van der Waals surface area contributed by atoms with E-state index in [0.29, 0.717) is 5.54 Å². The Morgan fingerprint density at radius 2 is 2.46 bits per heavy atom. The predicted molar refractivity (Wildman–Crippen MR) is 58.4 cm³/mol. The van der Waals surface area contributed by atoms with Crippen molar-refractivity contribution in [3.63, 3.8) is 0 Å². The Hall–Kier alpha value is -0.340. The molecule has 1 aromatic rings. The molecule has 0 saturated heterocycles. The molecule has 1 aromatic heterocycles. The lowest BCUT2D eigenvalue weighted by molar-refractivity contribution is 0.298. The number of rotatable bonds is 2. The summed E-state index contributed by atoms with van der Waals surface area (Å²) in [5.74, 6) is 0. The van der Waals surface area contributed by atoms with E-state index < -0.39 is 0 Å². The van der Waals surface area contributed by atoms with Crippen molar-refractivity contribution in [2.75, 3.05) is 7.05 Å². The third-order valence-corrected chi connectivity index (χ3v) is 4.43. The number of thiophene rings is 1. The van der Waals surface area contributed by atoms with Crippen LogP contribution in [0.1, 0.15) is 30.2 Å². The molecule has 1 heterocycles. The summed E-state index contributed by atoms with van der Waals surface area (Å²) >= 11 is 1.92. The number of likely N-dealkylation sites (N-methyl/N-ethyl adjacent to an activating group) is 1. The molecule has 1 nitrogen and oxygen atoms in total. The first-order valence-electron chi connectivity index (χ1n) is 5.04. The Balaban J connectivity index is 2.24. The largest absolute Gasteiger partial charge is 0.314 e. The highest BCUT2D eigenvalue weighted by atomic mass is 32.1. The smallest absolute Gasteiger partial charge is 0.0220 e. The van der Waals surface area contributed by atoms with Crippen molar-refractivity contribution >= 4 is 11.3 Å². The molecule has 2 rings (SSSR count). The SMILES string of the molecule is CCC1(NC)CCc2sccc2C1. The van der Waals surface area contributed by atoms with Gasteiger partial charge in [0.1, 0.15) is 0 Å². The lowest BCUT2D eigenvalue weighted by atomic mass is 9.79. The Morgan fingerprint density at radius 1 is 1.62 bits per heavy atom. The van der Waals surface area contributed by atoms with Gasteiger partial charge in [-0.3, -0.25) is 0 Å². The molecule has 0 saturated carbocycles. The topological polar surface area (TPSA) is 12.0 Å². The lowest BCUT2D eigenvalue weighted by Gasteiger charge is -2.36. The van der Waals surface area contributed by atoms with Crippen molar-refractivity contribution in [3.05, 3.63) is 21.9 Å². The summed E-state index contributed by atoms with van der Waals surface area (Å²) in [6, 6.07) is 2.29. The van der Waals surface area contributed by atoms with Crippen LogP contribution >= 0.6 is 11.3 Å². The van der Waals surface area contributed by atoms with Crippen molar-refractivity contribution in [2.24, 2.45) is 0 Å². The number of hydrogen-bond donors (Lipinski definition) is 1. The second-order valence-electron chi connectivity index (χ2n) is 3.93. The first-order chi connectivity index (χ1) is 6.29.